The van der Waals surface area contributed by atoms with Crippen molar-refractivity contribution in [2.45, 2.75) is 20.0 Å². The van der Waals surface area contributed by atoms with Crippen LogP contribution in [0, 0.1) is 0 Å². The number of hydrogen-bond donors (Lipinski definition) is 1. The van der Waals surface area contributed by atoms with Crippen LogP contribution in [-0.4, -0.2) is 30.7 Å². The van der Waals surface area contributed by atoms with Gasteiger partial charge in [-0.2, -0.15) is 0 Å². The van der Waals surface area contributed by atoms with Crippen molar-refractivity contribution in [2.24, 2.45) is 0 Å². The van der Waals surface area contributed by atoms with Gasteiger partial charge >= 0.3 is 0 Å². The average molecular weight is 209 g/mol. The Morgan fingerprint density at radius 3 is 3.00 bits per heavy atom. The minimum atomic E-state index is 0.744. The zero-order chi connectivity index (χ0) is 11.3. The minimum Gasteiger partial charge on any atom is -0.360 e. The highest BCUT2D eigenvalue weighted by Gasteiger charge is 2.06. The molecule has 4 nitrogen and oxygen atoms in total. The van der Waals surface area contributed by atoms with Crippen LogP contribution in [0.25, 0.3) is 0 Å². The lowest BCUT2D eigenvalue weighted by atomic mass is 10.3. The summed E-state index contributed by atoms with van der Waals surface area (Å²) in [5, 5.41) is 6.98. The fourth-order valence-electron chi connectivity index (χ4n) is 1.48. The molecule has 0 aliphatic rings. The molecule has 0 fully saturated rings. The number of nitrogens with zero attached hydrogens (tertiary/aromatic N) is 2. The van der Waals surface area contributed by atoms with E-state index in [1.54, 1.807) is 0 Å². The molecule has 84 valence electrons. The van der Waals surface area contributed by atoms with Crippen molar-refractivity contribution in [3.8, 4) is 0 Å². The Balaban J connectivity index is 2.45. The molecule has 0 bridgehead atoms. The second-order valence-electron chi connectivity index (χ2n) is 3.94. The molecule has 0 radical (unpaired) electrons. The van der Waals surface area contributed by atoms with E-state index < -0.39 is 0 Å². The van der Waals surface area contributed by atoms with Crippen LogP contribution in [0.2, 0.25) is 0 Å². The second-order valence-corrected chi connectivity index (χ2v) is 3.94. The maximum Gasteiger partial charge on any atom is 0.151 e. The van der Waals surface area contributed by atoms with Gasteiger partial charge in [-0.3, -0.25) is 4.90 Å². The van der Waals surface area contributed by atoms with Crippen LogP contribution in [0.3, 0.4) is 0 Å². The van der Waals surface area contributed by atoms with E-state index in [1.807, 2.05) is 27.1 Å². The van der Waals surface area contributed by atoms with Gasteiger partial charge in [0.1, 0.15) is 0 Å². The second kappa shape index (κ2) is 5.68. The zero-order valence-electron chi connectivity index (χ0n) is 9.71. The Kier molecular flexibility index (Phi) is 4.52. The van der Waals surface area contributed by atoms with E-state index in [0.717, 1.165) is 36.7 Å². The van der Waals surface area contributed by atoms with Gasteiger partial charge < -0.3 is 9.84 Å². The molecule has 0 unspecified atom stereocenters. The summed E-state index contributed by atoms with van der Waals surface area (Å²) in [5.74, 6) is 0.893. The molecule has 0 aliphatic heterocycles. The van der Waals surface area contributed by atoms with Crippen LogP contribution >= 0.6 is 0 Å². The van der Waals surface area contributed by atoms with Crippen molar-refractivity contribution in [3.63, 3.8) is 0 Å². The van der Waals surface area contributed by atoms with Crippen LogP contribution < -0.4 is 5.32 Å². The summed E-state index contributed by atoms with van der Waals surface area (Å²) in [7, 11) is 3.93. The highest BCUT2D eigenvalue weighted by Crippen LogP contribution is 2.07. The van der Waals surface area contributed by atoms with Crippen molar-refractivity contribution in [1.29, 1.82) is 0 Å². The molecule has 1 heterocycles. The van der Waals surface area contributed by atoms with Crippen molar-refractivity contribution in [2.75, 3.05) is 20.6 Å². The highest BCUT2D eigenvalue weighted by atomic mass is 16.5. The Bertz CT molecular complexity index is 319. The predicted molar refractivity (Wildman–Crippen MR) is 60.4 cm³/mol. The predicted octanol–water partition coefficient (Wildman–Crippen LogP) is 1.40. The molecule has 1 aromatic rings. The third kappa shape index (κ3) is 4.27. The third-order valence-corrected chi connectivity index (χ3v) is 1.93. The topological polar surface area (TPSA) is 41.3 Å². The molecule has 0 amide bonds. The smallest absolute Gasteiger partial charge is 0.151 e. The fraction of sp³-hybridized carbons (Fsp3) is 0.545. The van der Waals surface area contributed by atoms with Gasteiger partial charge in [-0.05, 0) is 21.0 Å². The first-order valence-corrected chi connectivity index (χ1v) is 5.04. The molecule has 0 aliphatic carbocycles. The lowest BCUT2D eigenvalue weighted by Crippen LogP contribution is -2.19. The maximum absolute atomic E-state index is 5.21. The lowest BCUT2D eigenvalue weighted by Gasteiger charge is -2.13. The Morgan fingerprint density at radius 1 is 1.67 bits per heavy atom. The van der Waals surface area contributed by atoms with Gasteiger partial charge in [0.05, 0.1) is 12.2 Å². The van der Waals surface area contributed by atoms with Crippen LogP contribution in [0.4, 0.5) is 0 Å². The highest BCUT2D eigenvalue weighted by molar-refractivity contribution is 5.05. The van der Waals surface area contributed by atoms with Gasteiger partial charge in [0.25, 0.3) is 0 Å². The van der Waals surface area contributed by atoms with Gasteiger partial charge in [-0.25, -0.2) is 0 Å². The summed E-state index contributed by atoms with van der Waals surface area (Å²) in [6, 6.07) is 1.98. The van der Waals surface area contributed by atoms with Crippen molar-refractivity contribution < 1.29 is 4.52 Å². The lowest BCUT2D eigenvalue weighted by molar-refractivity contribution is 0.286. The maximum atomic E-state index is 5.21. The van der Waals surface area contributed by atoms with Crippen LogP contribution in [0.15, 0.2) is 22.7 Å². The first kappa shape index (κ1) is 11.9. The summed E-state index contributed by atoms with van der Waals surface area (Å²) >= 11 is 0. The Morgan fingerprint density at radius 2 is 2.40 bits per heavy atom. The molecule has 1 rings (SSSR count). The summed E-state index contributed by atoms with van der Waals surface area (Å²) < 4.78 is 5.21. The number of rotatable bonds is 6. The minimum absolute atomic E-state index is 0.744. The normalized spacial score (nSPS) is 10.9. The van der Waals surface area contributed by atoms with Gasteiger partial charge in [-0.1, -0.05) is 17.3 Å². The van der Waals surface area contributed by atoms with Gasteiger partial charge in [0.2, 0.25) is 0 Å². The van der Waals surface area contributed by atoms with Crippen molar-refractivity contribution >= 4 is 0 Å². The molecular weight excluding hydrogens is 190 g/mol. The molecule has 0 saturated heterocycles. The van der Waals surface area contributed by atoms with Crippen molar-refractivity contribution in [3.05, 3.63) is 29.7 Å². The van der Waals surface area contributed by atoms with E-state index in [1.165, 1.54) is 0 Å². The van der Waals surface area contributed by atoms with E-state index in [9.17, 15) is 0 Å². The van der Waals surface area contributed by atoms with Crippen molar-refractivity contribution in [1.82, 2.24) is 15.4 Å². The van der Waals surface area contributed by atoms with E-state index >= 15 is 0 Å². The molecule has 0 spiro atoms. The van der Waals surface area contributed by atoms with E-state index in [4.69, 9.17) is 4.52 Å². The quantitative estimate of drug-likeness (QED) is 0.719. The molecular formula is C11H19N3O. The molecule has 0 saturated carbocycles. The average Bonchev–Trinajstić information content (AvgIpc) is 2.51. The number of aromatic nitrogens is 1. The molecule has 0 aromatic carbocycles. The van der Waals surface area contributed by atoms with Crippen LogP contribution in [0.5, 0.6) is 0 Å². The molecule has 1 N–H and O–H groups in total. The largest absolute Gasteiger partial charge is 0.360 e. The summed E-state index contributed by atoms with van der Waals surface area (Å²) in [5.41, 5.74) is 2.09. The molecule has 15 heavy (non-hydrogen) atoms. The Hall–Kier alpha value is -1.13. The van der Waals surface area contributed by atoms with E-state index in [2.05, 4.69) is 22.0 Å². The zero-order valence-corrected chi connectivity index (χ0v) is 9.71. The Labute approximate surface area is 90.9 Å². The summed E-state index contributed by atoms with van der Waals surface area (Å²) in [6.07, 6.45) is 0. The third-order valence-electron chi connectivity index (χ3n) is 1.93. The monoisotopic (exact) mass is 209 g/mol. The van der Waals surface area contributed by atoms with E-state index in [0.29, 0.717) is 0 Å². The number of likely N-dealkylation sites (N-methyl/N-ethyl adjacent to an activating group) is 1. The molecule has 4 heteroatoms. The van der Waals surface area contributed by atoms with Gasteiger partial charge in [0.15, 0.2) is 5.76 Å². The number of nitrogens with one attached hydrogen (secondary N) is 1. The SMILES string of the molecule is C=C(C)CN(C)Cc1cc(CNC)no1. The fourth-order valence-corrected chi connectivity index (χ4v) is 1.48. The summed E-state index contributed by atoms with van der Waals surface area (Å²) in [6.45, 7) is 8.28. The van der Waals surface area contributed by atoms with E-state index in [-0.39, 0.29) is 0 Å². The van der Waals surface area contributed by atoms with Gasteiger partial charge in [-0.15, -0.1) is 0 Å². The standard InChI is InChI=1S/C11H19N3O/c1-9(2)7-14(4)8-11-5-10(6-12-3)13-15-11/h5,12H,1,6-8H2,2-4H3. The first-order chi connectivity index (χ1) is 7.11. The summed E-state index contributed by atoms with van der Waals surface area (Å²) in [4.78, 5) is 2.14. The molecule has 1 aromatic heterocycles. The first-order valence-electron chi connectivity index (χ1n) is 5.04. The van der Waals surface area contributed by atoms with Crippen LogP contribution in [0.1, 0.15) is 18.4 Å². The number of hydrogen-bond acceptors (Lipinski definition) is 4. The molecule has 0 atom stereocenters. The van der Waals surface area contributed by atoms with Crippen LogP contribution in [-0.2, 0) is 13.1 Å². The van der Waals surface area contributed by atoms with Gasteiger partial charge in [0, 0.05) is 19.2 Å².